The fraction of sp³-hybridized carbons (Fsp3) is 0. The number of carbonyl (C=O) groups is 1. The second-order valence-electron chi connectivity index (χ2n) is 5.21. The van der Waals surface area contributed by atoms with Gasteiger partial charge in [-0.15, -0.1) is 0 Å². The molecule has 26 heavy (non-hydrogen) atoms. The van der Waals surface area contributed by atoms with Crippen LogP contribution in [0, 0.1) is 10.1 Å². The number of carbonyl (C=O) groups excluding carboxylic acids is 1. The molecule has 1 amide bonds. The lowest BCUT2D eigenvalue weighted by molar-refractivity contribution is -0.384. The maximum atomic E-state index is 11.8. The Bertz CT molecular complexity index is 893. The molecule has 130 valence electrons. The highest BCUT2D eigenvalue weighted by atomic mass is 16.6. The molecule has 0 bridgehead atoms. The van der Waals surface area contributed by atoms with Gasteiger partial charge in [-0.25, -0.2) is 4.79 Å². The van der Waals surface area contributed by atoms with E-state index in [0.29, 0.717) is 22.9 Å². The Balaban J connectivity index is 1.57. The predicted octanol–water partition coefficient (Wildman–Crippen LogP) is 5.00. The van der Waals surface area contributed by atoms with Gasteiger partial charge in [-0.3, -0.25) is 15.4 Å². The van der Waals surface area contributed by atoms with Gasteiger partial charge in [0.25, 0.3) is 5.69 Å². The van der Waals surface area contributed by atoms with Crippen LogP contribution in [-0.2, 0) is 0 Å². The zero-order valence-electron chi connectivity index (χ0n) is 13.5. The molecule has 1 N–H and O–H groups in total. The summed E-state index contributed by atoms with van der Waals surface area (Å²) in [6.45, 7) is 0. The van der Waals surface area contributed by atoms with Crippen LogP contribution in [0.15, 0.2) is 78.9 Å². The first-order valence-electron chi connectivity index (χ1n) is 7.66. The fourth-order valence-corrected chi connectivity index (χ4v) is 2.12. The molecule has 0 aliphatic rings. The number of hydrogen-bond acceptors (Lipinski definition) is 5. The number of ether oxygens (including phenoxy) is 2. The second-order valence-corrected chi connectivity index (χ2v) is 5.21. The number of hydrogen-bond donors (Lipinski definition) is 1. The molecule has 0 radical (unpaired) electrons. The van der Waals surface area contributed by atoms with Crippen LogP contribution in [0.4, 0.5) is 16.2 Å². The van der Waals surface area contributed by atoms with Crippen LogP contribution in [0.2, 0.25) is 0 Å². The standard InChI is InChI=1S/C19H14N2O5/c22-19(26-16-4-2-1-3-5-16)20-14-6-10-17(11-7-14)25-18-12-8-15(9-13-18)21(23)24/h1-13H,(H,20,22). The van der Waals surface area contributed by atoms with Crippen LogP contribution >= 0.6 is 0 Å². The Morgan fingerprint density at radius 1 is 0.808 bits per heavy atom. The predicted molar refractivity (Wildman–Crippen MR) is 95.7 cm³/mol. The van der Waals surface area contributed by atoms with Crippen molar-refractivity contribution in [3.8, 4) is 17.2 Å². The third-order valence-corrected chi connectivity index (χ3v) is 3.34. The van der Waals surface area contributed by atoms with Gasteiger partial charge in [0.05, 0.1) is 4.92 Å². The summed E-state index contributed by atoms with van der Waals surface area (Å²) in [6.07, 6.45) is -0.597. The first-order valence-corrected chi connectivity index (χ1v) is 7.66. The summed E-state index contributed by atoms with van der Waals surface area (Å²) in [5, 5.41) is 13.2. The van der Waals surface area contributed by atoms with E-state index in [-0.39, 0.29) is 5.69 Å². The summed E-state index contributed by atoms with van der Waals surface area (Å²) in [6, 6.07) is 21.1. The quantitative estimate of drug-likeness (QED) is 0.516. The maximum absolute atomic E-state index is 11.8. The van der Waals surface area contributed by atoms with E-state index in [4.69, 9.17) is 9.47 Å². The number of amides is 1. The number of rotatable bonds is 5. The van der Waals surface area contributed by atoms with Gasteiger partial charge in [-0.05, 0) is 48.5 Å². The van der Waals surface area contributed by atoms with E-state index in [1.165, 1.54) is 24.3 Å². The molecule has 3 aromatic rings. The van der Waals surface area contributed by atoms with Crippen LogP contribution in [0.5, 0.6) is 17.2 Å². The number of nitro benzene ring substituents is 1. The lowest BCUT2D eigenvalue weighted by atomic mass is 10.3. The molecule has 0 aliphatic carbocycles. The number of non-ortho nitro benzene ring substituents is 1. The van der Waals surface area contributed by atoms with Gasteiger partial charge in [0.2, 0.25) is 0 Å². The van der Waals surface area contributed by atoms with Crippen molar-refractivity contribution in [3.63, 3.8) is 0 Å². The average Bonchev–Trinajstić information content (AvgIpc) is 2.64. The Hall–Kier alpha value is -3.87. The molecule has 0 unspecified atom stereocenters. The highest BCUT2D eigenvalue weighted by Gasteiger charge is 2.07. The van der Waals surface area contributed by atoms with E-state index in [2.05, 4.69) is 5.32 Å². The summed E-state index contributed by atoms with van der Waals surface area (Å²) in [5.41, 5.74) is 0.538. The van der Waals surface area contributed by atoms with Gasteiger partial charge < -0.3 is 9.47 Å². The van der Waals surface area contributed by atoms with Gasteiger partial charge in [0, 0.05) is 17.8 Å². The monoisotopic (exact) mass is 350 g/mol. The highest BCUT2D eigenvalue weighted by molar-refractivity contribution is 5.86. The van der Waals surface area contributed by atoms with Crippen molar-refractivity contribution in [3.05, 3.63) is 89.0 Å². The van der Waals surface area contributed by atoms with E-state index in [0.717, 1.165) is 0 Å². The second kappa shape index (κ2) is 7.80. The van der Waals surface area contributed by atoms with Crippen LogP contribution < -0.4 is 14.8 Å². The van der Waals surface area contributed by atoms with Crippen molar-refractivity contribution >= 4 is 17.5 Å². The van der Waals surface area contributed by atoms with E-state index < -0.39 is 11.0 Å². The van der Waals surface area contributed by atoms with Crippen LogP contribution in [-0.4, -0.2) is 11.0 Å². The van der Waals surface area contributed by atoms with Crippen LogP contribution in [0.25, 0.3) is 0 Å². The van der Waals surface area contributed by atoms with Gasteiger partial charge >= 0.3 is 6.09 Å². The smallest absolute Gasteiger partial charge is 0.417 e. The number of anilines is 1. The molecule has 0 heterocycles. The third kappa shape index (κ3) is 4.57. The molecule has 3 rings (SSSR count). The molecule has 3 aromatic carbocycles. The fourth-order valence-electron chi connectivity index (χ4n) is 2.12. The largest absolute Gasteiger partial charge is 0.457 e. The third-order valence-electron chi connectivity index (χ3n) is 3.34. The lowest BCUT2D eigenvalue weighted by Gasteiger charge is -2.08. The van der Waals surface area contributed by atoms with Gasteiger partial charge in [-0.2, -0.15) is 0 Å². The van der Waals surface area contributed by atoms with E-state index in [1.807, 2.05) is 6.07 Å². The van der Waals surface area contributed by atoms with Crippen molar-refractivity contribution in [2.45, 2.75) is 0 Å². The Morgan fingerprint density at radius 3 is 1.96 bits per heavy atom. The van der Waals surface area contributed by atoms with Crippen LogP contribution in [0.1, 0.15) is 0 Å². The van der Waals surface area contributed by atoms with Crippen molar-refractivity contribution < 1.29 is 19.2 Å². The minimum absolute atomic E-state index is 0.00572. The number of nitrogens with zero attached hydrogens (tertiary/aromatic N) is 1. The number of benzene rings is 3. The Kier molecular flexibility index (Phi) is 5.09. The first kappa shape index (κ1) is 17.0. The number of para-hydroxylation sites is 1. The SMILES string of the molecule is O=C(Nc1ccc(Oc2ccc([N+](=O)[O-])cc2)cc1)Oc1ccccc1. The van der Waals surface area contributed by atoms with Crippen LogP contribution in [0.3, 0.4) is 0 Å². The van der Waals surface area contributed by atoms with Gasteiger partial charge in [-0.1, -0.05) is 18.2 Å². The molecule has 0 atom stereocenters. The zero-order chi connectivity index (χ0) is 18.4. The topological polar surface area (TPSA) is 90.7 Å². The van der Waals surface area contributed by atoms with Crippen molar-refractivity contribution in [1.29, 1.82) is 0 Å². The molecule has 7 heteroatoms. The van der Waals surface area contributed by atoms with Gasteiger partial charge in [0.1, 0.15) is 17.2 Å². The number of nitro groups is 1. The molecular weight excluding hydrogens is 336 g/mol. The highest BCUT2D eigenvalue weighted by Crippen LogP contribution is 2.25. The molecule has 0 saturated heterocycles. The van der Waals surface area contributed by atoms with E-state index >= 15 is 0 Å². The normalized spacial score (nSPS) is 10.0. The minimum Gasteiger partial charge on any atom is -0.457 e. The maximum Gasteiger partial charge on any atom is 0.417 e. The van der Waals surface area contributed by atoms with Crippen molar-refractivity contribution in [1.82, 2.24) is 0 Å². The first-order chi connectivity index (χ1) is 12.6. The van der Waals surface area contributed by atoms with Crippen molar-refractivity contribution in [2.75, 3.05) is 5.32 Å². The zero-order valence-corrected chi connectivity index (χ0v) is 13.5. The molecule has 0 saturated carbocycles. The van der Waals surface area contributed by atoms with E-state index in [1.54, 1.807) is 48.5 Å². The molecule has 7 nitrogen and oxygen atoms in total. The molecule has 0 spiro atoms. The minimum atomic E-state index is -0.597. The summed E-state index contributed by atoms with van der Waals surface area (Å²) in [4.78, 5) is 22.0. The summed E-state index contributed by atoms with van der Waals surface area (Å²) < 4.78 is 10.7. The van der Waals surface area contributed by atoms with E-state index in [9.17, 15) is 14.9 Å². The molecule has 0 aromatic heterocycles. The summed E-state index contributed by atoms with van der Waals surface area (Å²) in [5.74, 6) is 1.45. The Morgan fingerprint density at radius 2 is 1.38 bits per heavy atom. The Labute approximate surface area is 149 Å². The van der Waals surface area contributed by atoms with Crippen molar-refractivity contribution in [2.24, 2.45) is 0 Å². The summed E-state index contributed by atoms with van der Waals surface area (Å²) in [7, 11) is 0. The van der Waals surface area contributed by atoms with Gasteiger partial charge in [0.15, 0.2) is 0 Å². The number of nitrogens with one attached hydrogen (secondary N) is 1. The summed E-state index contributed by atoms with van der Waals surface area (Å²) >= 11 is 0. The lowest BCUT2D eigenvalue weighted by Crippen LogP contribution is -2.16. The molecular formula is C19H14N2O5. The molecule has 0 fully saturated rings. The molecule has 0 aliphatic heterocycles. The average molecular weight is 350 g/mol.